The number of hydrogen-bond donors (Lipinski definition) is 1. The van der Waals surface area contributed by atoms with Crippen LogP contribution in [0.15, 0.2) is 0 Å². The van der Waals surface area contributed by atoms with Crippen LogP contribution in [0.4, 0.5) is 0 Å². The molecule has 0 aromatic heterocycles. The molecule has 0 bridgehead atoms. The molecule has 120 valence electrons. The first-order valence-electron chi connectivity index (χ1n) is 9.19. The van der Waals surface area contributed by atoms with E-state index in [4.69, 9.17) is 0 Å². The summed E-state index contributed by atoms with van der Waals surface area (Å²) in [6, 6.07) is 0.0885. The van der Waals surface area contributed by atoms with Gasteiger partial charge in [-0.2, -0.15) is 0 Å². The fourth-order valence-electron chi connectivity index (χ4n) is 4.84. The third-order valence-corrected chi connectivity index (χ3v) is 6.08. The van der Waals surface area contributed by atoms with Crippen LogP contribution >= 0.6 is 0 Å². The van der Waals surface area contributed by atoms with Crippen LogP contribution in [0.1, 0.15) is 78.1 Å². The Labute approximate surface area is 129 Å². The molecule has 3 fully saturated rings. The molecule has 21 heavy (non-hydrogen) atoms. The molecule has 2 atom stereocenters. The Morgan fingerprint density at radius 3 is 2.48 bits per heavy atom. The van der Waals surface area contributed by atoms with Gasteiger partial charge in [-0.25, -0.2) is 0 Å². The molecule has 1 heterocycles. The van der Waals surface area contributed by atoms with E-state index in [1.165, 1.54) is 51.4 Å². The normalized spacial score (nSPS) is 33.2. The lowest BCUT2D eigenvalue weighted by atomic mass is 9.87. The first-order valence-corrected chi connectivity index (χ1v) is 9.19. The van der Waals surface area contributed by atoms with Crippen LogP contribution < -0.4 is 5.32 Å². The molecule has 3 rings (SSSR count). The lowest BCUT2D eigenvalue weighted by molar-refractivity contribution is -0.132. The summed E-state index contributed by atoms with van der Waals surface area (Å²) in [4.78, 5) is 15.1. The highest BCUT2D eigenvalue weighted by Crippen LogP contribution is 2.41. The first kappa shape index (κ1) is 15.3. The van der Waals surface area contributed by atoms with Gasteiger partial charge in [-0.15, -0.1) is 0 Å². The lowest BCUT2D eigenvalue weighted by Gasteiger charge is -2.35. The van der Waals surface area contributed by atoms with Crippen LogP contribution in [0.25, 0.3) is 0 Å². The van der Waals surface area contributed by atoms with Crippen LogP contribution in [0.3, 0.4) is 0 Å². The molecule has 0 aromatic carbocycles. The maximum atomic E-state index is 12.9. The predicted molar refractivity (Wildman–Crippen MR) is 85.9 cm³/mol. The highest BCUT2D eigenvalue weighted by atomic mass is 16.2. The minimum absolute atomic E-state index is 0.0885. The van der Waals surface area contributed by atoms with E-state index >= 15 is 0 Å². The van der Waals surface area contributed by atoms with Crippen LogP contribution in [0, 0.1) is 11.3 Å². The lowest BCUT2D eigenvalue weighted by Crippen LogP contribution is -2.46. The summed E-state index contributed by atoms with van der Waals surface area (Å²) in [6.45, 7) is 5.56. The summed E-state index contributed by atoms with van der Waals surface area (Å²) in [5.74, 6) is 1.09. The molecule has 2 aliphatic carbocycles. The average molecular weight is 292 g/mol. The van der Waals surface area contributed by atoms with Crippen LogP contribution in [-0.4, -0.2) is 29.6 Å². The SMILES string of the molecule is CCCC1NC(C2CCCC2)N(CC2(C)CCCC2)C1=O. The van der Waals surface area contributed by atoms with Crippen molar-refractivity contribution in [2.75, 3.05) is 6.54 Å². The van der Waals surface area contributed by atoms with Gasteiger partial charge in [-0.3, -0.25) is 10.1 Å². The Bertz CT molecular complexity index is 369. The van der Waals surface area contributed by atoms with Crippen LogP contribution in [-0.2, 0) is 4.79 Å². The number of nitrogens with zero attached hydrogens (tertiary/aromatic N) is 1. The standard InChI is InChI=1S/C18H32N2O/c1-3-8-15-17(21)20(13-18(2)11-6-7-12-18)16(19-15)14-9-4-5-10-14/h14-16,19H,3-13H2,1-2H3. The maximum Gasteiger partial charge on any atom is 0.241 e. The number of nitrogens with one attached hydrogen (secondary N) is 1. The molecule has 3 heteroatoms. The molecule has 0 radical (unpaired) electrons. The van der Waals surface area contributed by atoms with Gasteiger partial charge < -0.3 is 4.90 Å². The Morgan fingerprint density at radius 1 is 1.19 bits per heavy atom. The van der Waals surface area contributed by atoms with E-state index in [2.05, 4.69) is 24.1 Å². The zero-order chi connectivity index (χ0) is 14.9. The summed E-state index contributed by atoms with van der Waals surface area (Å²) >= 11 is 0. The minimum atomic E-state index is 0.0885. The largest absolute Gasteiger partial charge is 0.325 e. The number of amides is 1. The molecule has 1 saturated heterocycles. The van der Waals surface area contributed by atoms with Gasteiger partial charge in [0.05, 0.1) is 12.2 Å². The van der Waals surface area contributed by atoms with Crippen molar-refractivity contribution < 1.29 is 4.79 Å². The first-order chi connectivity index (χ1) is 10.1. The maximum absolute atomic E-state index is 12.9. The van der Waals surface area contributed by atoms with Crippen molar-refractivity contribution in [1.82, 2.24) is 10.2 Å². The van der Waals surface area contributed by atoms with Gasteiger partial charge in [0.2, 0.25) is 5.91 Å². The van der Waals surface area contributed by atoms with Gasteiger partial charge >= 0.3 is 0 Å². The van der Waals surface area contributed by atoms with Crippen molar-refractivity contribution in [3.8, 4) is 0 Å². The fourth-order valence-corrected chi connectivity index (χ4v) is 4.84. The Morgan fingerprint density at radius 2 is 1.86 bits per heavy atom. The second kappa shape index (κ2) is 6.28. The van der Waals surface area contributed by atoms with Crippen molar-refractivity contribution in [3.05, 3.63) is 0 Å². The highest BCUT2D eigenvalue weighted by molar-refractivity contribution is 5.84. The van der Waals surface area contributed by atoms with Gasteiger partial charge in [-0.05, 0) is 43.4 Å². The summed E-state index contributed by atoms with van der Waals surface area (Å²) in [5, 5.41) is 3.70. The fraction of sp³-hybridized carbons (Fsp3) is 0.944. The van der Waals surface area contributed by atoms with Crippen molar-refractivity contribution in [2.45, 2.75) is 90.3 Å². The van der Waals surface area contributed by atoms with E-state index in [-0.39, 0.29) is 6.04 Å². The van der Waals surface area contributed by atoms with E-state index in [9.17, 15) is 4.79 Å². The Kier molecular flexibility index (Phi) is 4.58. The third kappa shape index (κ3) is 3.13. The number of carbonyl (C=O) groups is 1. The summed E-state index contributed by atoms with van der Waals surface area (Å²) in [6.07, 6.45) is 13.0. The Hall–Kier alpha value is -0.570. The predicted octanol–water partition coefficient (Wildman–Crippen LogP) is 3.68. The highest BCUT2D eigenvalue weighted by Gasteiger charge is 2.45. The molecule has 3 nitrogen and oxygen atoms in total. The molecular formula is C18H32N2O. The second-order valence-corrected chi connectivity index (χ2v) is 7.98. The monoisotopic (exact) mass is 292 g/mol. The third-order valence-electron chi connectivity index (χ3n) is 6.08. The van der Waals surface area contributed by atoms with Gasteiger partial charge in [0.1, 0.15) is 0 Å². The van der Waals surface area contributed by atoms with E-state index in [0.29, 0.717) is 23.4 Å². The summed E-state index contributed by atoms with van der Waals surface area (Å²) in [5.41, 5.74) is 0.370. The van der Waals surface area contributed by atoms with Gasteiger partial charge in [0.25, 0.3) is 0 Å². The number of hydrogen-bond acceptors (Lipinski definition) is 2. The van der Waals surface area contributed by atoms with Crippen molar-refractivity contribution in [2.24, 2.45) is 11.3 Å². The Balaban J connectivity index is 1.73. The van der Waals surface area contributed by atoms with Gasteiger partial charge in [-0.1, -0.05) is 46.0 Å². The molecule has 1 N–H and O–H groups in total. The number of rotatable bonds is 5. The molecule has 3 aliphatic rings. The van der Waals surface area contributed by atoms with Crippen LogP contribution in [0.5, 0.6) is 0 Å². The van der Waals surface area contributed by atoms with Crippen molar-refractivity contribution in [1.29, 1.82) is 0 Å². The van der Waals surface area contributed by atoms with E-state index in [1.54, 1.807) is 0 Å². The molecular weight excluding hydrogens is 260 g/mol. The van der Waals surface area contributed by atoms with Crippen molar-refractivity contribution in [3.63, 3.8) is 0 Å². The molecule has 0 aromatic rings. The van der Waals surface area contributed by atoms with E-state index in [0.717, 1.165) is 19.4 Å². The molecule has 2 saturated carbocycles. The smallest absolute Gasteiger partial charge is 0.241 e. The molecule has 0 spiro atoms. The summed E-state index contributed by atoms with van der Waals surface area (Å²) < 4.78 is 0. The minimum Gasteiger partial charge on any atom is -0.325 e. The molecule has 1 amide bonds. The average Bonchev–Trinajstić information content (AvgIpc) is 3.17. The molecule has 1 aliphatic heterocycles. The topological polar surface area (TPSA) is 32.3 Å². The van der Waals surface area contributed by atoms with E-state index < -0.39 is 0 Å². The van der Waals surface area contributed by atoms with Gasteiger partial charge in [0, 0.05) is 6.54 Å². The van der Waals surface area contributed by atoms with Crippen LogP contribution in [0.2, 0.25) is 0 Å². The zero-order valence-corrected chi connectivity index (χ0v) is 13.9. The van der Waals surface area contributed by atoms with E-state index in [1.807, 2.05) is 0 Å². The number of carbonyl (C=O) groups excluding carboxylic acids is 1. The van der Waals surface area contributed by atoms with Crippen molar-refractivity contribution >= 4 is 5.91 Å². The summed E-state index contributed by atoms with van der Waals surface area (Å²) in [7, 11) is 0. The zero-order valence-electron chi connectivity index (χ0n) is 13.9. The quantitative estimate of drug-likeness (QED) is 0.838. The van der Waals surface area contributed by atoms with Gasteiger partial charge in [0.15, 0.2) is 0 Å². The molecule has 2 unspecified atom stereocenters. The second-order valence-electron chi connectivity index (χ2n) is 7.98.